The van der Waals surface area contributed by atoms with Crippen LogP contribution in [0, 0.1) is 5.92 Å². The van der Waals surface area contributed by atoms with Crippen LogP contribution in [0.15, 0.2) is 18.2 Å². The van der Waals surface area contributed by atoms with Crippen LogP contribution in [0.1, 0.15) is 17.5 Å². The first-order valence-electron chi connectivity index (χ1n) is 8.99. The Morgan fingerprint density at radius 2 is 2.22 bits per heavy atom. The minimum absolute atomic E-state index is 0.0213. The summed E-state index contributed by atoms with van der Waals surface area (Å²) in [5, 5.41) is 21.3. The highest BCUT2D eigenvalue weighted by Gasteiger charge is 2.64. The van der Waals surface area contributed by atoms with Gasteiger partial charge in [0.1, 0.15) is 18.0 Å². The van der Waals surface area contributed by atoms with Crippen molar-refractivity contribution in [2.45, 2.75) is 36.5 Å². The maximum absolute atomic E-state index is 10.7. The Kier molecular flexibility index (Phi) is 3.98. The van der Waals surface area contributed by atoms with Gasteiger partial charge in [-0.1, -0.05) is 23.5 Å². The van der Waals surface area contributed by atoms with Gasteiger partial charge >= 0.3 is 0 Å². The zero-order chi connectivity index (χ0) is 19.1. The lowest BCUT2D eigenvalue weighted by Gasteiger charge is -2.56. The molecule has 6 atom stereocenters. The summed E-state index contributed by atoms with van der Waals surface area (Å²) in [4.78, 5) is 12.7. The molecule has 0 amide bonds. The standard InChI is InChI=1S/C18H22NO5PS2/c1-19-6-5-18-10-3-4-12(20)17(18)23-16-13(21)8-14(24-25(22,26)27-2)9(15(16)18)7-11(10)19/h3-4,8,10-12,17,20-21H,5-7H2,1-2H3,(H,22,26)/t10-,11+,12-,17-,18-,25?/m0/s1. The predicted molar refractivity (Wildman–Crippen MR) is 108 cm³/mol. The molecule has 2 aliphatic heterocycles. The van der Waals surface area contributed by atoms with Crippen LogP contribution >= 0.6 is 17.1 Å². The number of aromatic hydroxyl groups is 1. The Hall–Kier alpha value is -0.760. The second kappa shape index (κ2) is 5.88. The number of phenols is 1. The minimum atomic E-state index is -3.04. The molecule has 1 spiro atoms. The van der Waals surface area contributed by atoms with E-state index in [-0.39, 0.29) is 23.1 Å². The van der Waals surface area contributed by atoms with Crippen LogP contribution in [-0.4, -0.2) is 58.1 Å². The van der Waals surface area contributed by atoms with Gasteiger partial charge in [-0.2, -0.15) is 0 Å². The molecule has 4 aliphatic rings. The number of hydrogen-bond donors (Lipinski definition) is 3. The Morgan fingerprint density at radius 3 is 2.96 bits per heavy atom. The molecule has 0 aromatic heterocycles. The minimum Gasteiger partial charge on any atom is -0.504 e. The second-order valence-electron chi connectivity index (χ2n) is 7.80. The first kappa shape index (κ1) is 18.3. The highest BCUT2D eigenvalue weighted by Crippen LogP contribution is 2.65. The molecule has 2 bridgehead atoms. The fraction of sp³-hybridized carbons (Fsp3) is 0.556. The molecule has 1 aromatic carbocycles. The van der Waals surface area contributed by atoms with Crippen molar-refractivity contribution in [2.75, 3.05) is 19.8 Å². The summed E-state index contributed by atoms with van der Waals surface area (Å²) in [5.74, 6) is 1.07. The summed E-state index contributed by atoms with van der Waals surface area (Å²) in [6.07, 6.45) is 6.07. The molecular formula is C18H22NO5PS2. The van der Waals surface area contributed by atoms with E-state index in [1.54, 1.807) is 6.26 Å². The number of phenolic OH excluding ortho intramolecular Hbond substituents is 1. The highest BCUT2D eigenvalue weighted by atomic mass is 32.9. The molecule has 6 nitrogen and oxygen atoms in total. The van der Waals surface area contributed by atoms with Crippen LogP contribution in [0.2, 0.25) is 0 Å². The van der Waals surface area contributed by atoms with Crippen molar-refractivity contribution in [3.8, 4) is 17.2 Å². The van der Waals surface area contributed by atoms with E-state index in [1.807, 2.05) is 6.08 Å². The Morgan fingerprint density at radius 1 is 1.44 bits per heavy atom. The van der Waals surface area contributed by atoms with Gasteiger partial charge in [0, 0.05) is 34.6 Å². The van der Waals surface area contributed by atoms with Crippen LogP contribution in [0.3, 0.4) is 0 Å². The topological polar surface area (TPSA) is 82.4 Å². The van der Waals surface area contributed by atoms with Gasteiger partial charge in [0.05, 0.1) is 0 Å². The Bertz CT molecular complexity index is 908. The molecule has 3 N–H and O–H groups in total. The maximum atomic E-state index is 10.7. The summed E-state index contributed by atoms with van der Waals surface area (Å²) >= 11 is 6.33. The number of nitrogens with zero attached hydrogens (tertiary/aromatic N) is 1. The molecule has 1 saturated heterocycles. The molecule has 27 heavy (non-hydrogen) atoms. The van der Waals surface area contributed by atoms with Gasteiger partial charge in [-0.25, -0.2) is 0 Å². The van der Waals surface area contributed by atoms with Crippen molar-refractivity contribution in [3.05, 3.63) is 29.3 Å². The number of aliphatic hydroxyl groups is 1. The van der Waals surface area contributed by atoms with Crippen LogP contribution in [0.4, 0.5) is 0 Å². The third-order valence-corrected chi connectivity index (χ3v) is 10.7. The van der Waals surface area contributed by atoms with Crippen LogP contribution in [0.25, 0.3) is 0 Å². The first-order chi connectivity index (χ1) is 12.8. The van der Waals surface area contributed by atoms with Gasteiger partial charge in [-0.05, 0) is 44.5 Å². The molecule has 1 aromatic rings. The molecule has 0 saturated carbocycles. The van der Waals surface area contributed by atoms with Crippen molar-refractivity contribution in [2.24, 2.45) is 5.92 Å². The lowest BCUT2D eigenvalue weighted by molar-refractivity contribution is -0.0454. The molecular weight excluding hydrogens is 405 g/mol. The summed E-state index contributed by atoms with van der Waals surface area (Å²) in [6, 6.07) is 1.75. The molecule has 2 aliphatic carbocycles. The predicted octanol–water partition coefficient (Wildman–Crippen LogP) is 2.16. The van der Waals surface area contributed by atoms with Gasteiger partial charge < -0.3 is 29.3 Å². The average molecular weight is 427 g/mol. The van der Waals surface area contributed by atoms with E-state index < -0.39 is 17.9 Å². The second-order valence-corrected chi connectivity index (χ2v) is 14.0. The number of ether oxygens (including phenoxy) is 1. The molecule has 2 heterocycles. The third-order valence-electron chi connectivity index (χ3n) is 6.68. The van der Waals surface area contributed by atoms with Gasteiger partial charge in [0.15, 0.2) is 11.5 Å². The molecule has 146 valence electrons. The van der Waals surface area contributed by atoms with E-state index in [0.29, 0.717) is 11.5 Å². The first-order valence-corrected chi connectivity index (χ1v) is 13.5. The number of likely N-dealkylation sites (tertiary alicyclic amines) is 1. The van der Waals surface area contributed by atoms with Crippen LogP contribution < -0.4 is 9.26 Å². The van der Waals surface area contributed by atoms with Crippen molar-refractivity contribution >= 4 is 28.9 Å². The third kappa shape index (κ3) is 2.35. The number of rotatable bonds is 3. The van der Waals surface area contributed by atoms with E-state index in [0.717, 1.165) is 41.9 Å². The molecule has 0 radical (unpaired) electrons. The Balaban J connectivity index is 1.77. The van der Waals surface area contributed by atoms with Crippen molar-refractivity contribution < 1.29 is 24.4 Å². The molecule has 5 rings (SSSR count). The zero-order valence-electron chi connectivity index (χ0n) is 15.0. The van der Waals surface area contributed by atoms with Crippen LogP contribution in [-0.2, 0) is 23.6 Å². The van der Waals surface area contributed by atoms with Crippen molar-refractivity contribution in [1.29, 1.82) is 0 Å². The van der Waals surface area contributed by atoms with Gasteiger partial charge in [0.2, 0.25) is 0 Å². The van der Waals surface area contributed by atoms with E-state index >= 15 is 0 Å². The SMILES string of the molecule is CSP(O)(=S)Oc1cc(O)c2c3c1C[C@@H]1[C@@H]4C=C[C@H](O)[C@H](O2)[C@]34CCN1C. The zero-order valence-corrected chi connectivity index (χ0v) is 17.6. The van der Waals surface area contributed by atoms with Crippen LogP contribution in [0.5, 0.6) is 17.2 Å². The molecule has 1 unspecified atom stereocenters. The van der Waals surface area contributed by atoms with Gasteiger partial charge in [-0.3, -0.25) is 0 Å². The summed E-state index contributed by atoms with van der Waals surface area (Å²) < 4.78 is 12.0. The van der Waals surface area contributed by atoms with E-state index in [2.05, 4.69) is 18.0 Å². The summed E-state index contributed by atoms with van der Waals surface area (Å²) in [6.45, 7) is 0.898. The summed E-state index contributed by atoms with van der Waals surface area (Å²) in [5.41, 5.74) is -1.54. The Labute approximate surface area is 167 Å². The average Bonchev–Trinajstić information content (AvgIpc) is 2.97. The summed E-state index contributed by atoms with van der Waals surface area (Å²) in [7, 11) is 2.12. The normalized spacial score (nSPS) is 38.1. The van der Waals surface area contributed by atoms with Gasteiger partial charge in [-0.15, -0.1) is 0 Å². The smallest absolute Gasteiger partial charge is 0.294 e. The number of benzene rings is 1. The van der Waals surface area contributed by atoms with Gasteiger partial charge in [0.25, 0.3) is 5.69 Å². The van der Waals surface area contributed by atoms with Crippen molar-refractivity contribution in [1.82, 2.24) is 4.90 Å². The number of aliphatic hydroxyl groups excluding tert-OH is 1. The van der Waals surface area contributed by atoms with E-state index in [4.69, 9.17) is 21.1 Å². The number of hydrogen-bond acceptors (Lipinski definition) is 7. The number of piperidine rings is 1. The van der Waals surface area contributed by atoms with E-state index in [9.17, 15) is 15.1 Å². The largest absolute Gasteiger partial charge is 0.504 e. The highest BCUT2D eigenvalue weighted by molar-refractivity contribution is 8.67. The molecule has 9 heteroatoms. The number of likely N-dealkylation sites (N-methyl/N-ethyl adjacent to an activating group) is 1. The fourth-order valence-corrected chi connectivity index (χ4v) is 6.72. The monoisotopic (exact) mass is 427 g/mol. The molecule has 1 fully saturated rings. The lowest BCUT2D eigenvalue weighted by Crippen LogP contribution is -2.64. The lowest BCUT2D eigenvalue weighted by atomic mass is 9.53. The maximum Gasteiger partial charge on any atom is 0.294 e. The van der Waals surface area contributed by atoms with E-state index in [1.165, 1.54) is 6.07 Å². The quantitative estimate of drug-likeness (QED) is 0.500. The fourth-order valence-electron chi connectivity index (χ4n) is 5.53. The van der Waals surface area contributed by atoms with Crippen molar-refractivity contribution in [3.63, 3.8) is 0 Å².